The Morgan fingerprint density at radius 1 is 1.05 bits per heavy atom. The van der Waals surface area contributed by atoms with E-state index in [9.17, 15) is 19.8 Å². The van der Waals surface area contributed by atoms with Crippen LogP contribution in [0.3, 0.4) is 0 Å². The lowest BCUT2D eigenvalue weighted by Crippen LogP contribution is -2.55. The second-order valence-electron chi connectivity index (χ2n) is 10.2. The second kappa shape index (κ2) is 14.1. The maximum absolute atomic E-state index is 12.9. The molecular formula is C28H37Cl2N3O4. The Hall–Kier alpha value is -2.16. The summed E-state index contributed by atoms with van der Waals surface area (Å²) < 4.78 is 0. The number of aliphatic hydroxyl groups excluding tert-OH is 2. The Labute approximate surface area is 229 Å². The fraction of sp³-hybridized carbons (Fsp3) is 0.500. The van der Waals surface area contributed by atoms with Gasteiger partial charge in [-0.3, -0.25) is 14.5 Å². The first kappa shape index (κ1) is 29.4. The van der Waals surface area contributed by atoms with Gasteiger partial charge in [0.1, 0.15) is 6.10 Å². The predicted molar refractivity (Wildman–Crippen MR) is 146 cm³/mol. The number of hydrogen-bond donors (Lipinski definition) is 4. The van der Waals surface area contributed by atoms with Gasteiger partial charge in [0, 0.05) is 32.1 Å². The molecule has 37 heavy (non-hydrogen) atoms. The SMILES string of the molecule is CC(C)CCC(=O)NC(Cc1ccc(Cl)c(Cl)c1)C(O)C(O)C(=O)NC1CCN(Cc2ccccc2)C1. The molecule has 3 rings (SSSR count). The molecule has 1 aliphatic heterocycles. The summed E-state index contributed by atoms with van der Waals surface area (Å²) in [7, 11) is 0. The number of amides is 2. The summed E-state index contributed by atoms with van der Waals surface area (Å²) in [5, 5.41) is 28.1. The zero-order valence-corrected chi connectivity index (χ0v) is 22.9. The molecule has 202 valence electrons. The first-order valence-electron chi connectivity index (χ1n) is 12.8. The van der Waals surface area contributed by atoms with Crippen LogP contribution in [0, 0.1) is 5.92 Å². The van der Waals surface area contributed by atoms with Crippen LogP contribution in [-0.2, 0) is 22.6 Å². The lowest BCUT2D eigenvalue weighted by Gasteiger charge is -2.28. The molecule has 4 atom stereocenters. The van der Waals surface area contributed by atoms with E-state index in [4.69, 9.17) is 23.2 Å². The quantitative estimate of drug-likeness (QED) is 0.324. The molecule has 4 N–H and O–H groups in total. The van der Waals surface area contributed by atoms with Crippen LogP contribution < -0.4 is 10.6 Å². The van der Waals surface area contributed by atoms with Crippen LogP contribution in [0.15, 0.2) is 48.5 Å². The fourth-order valence-corrected chi connectivity index (χ4v) is 4.79. The number of aliphatic hydroxyl groups is 2. The minimum atomic E-state index is -1.71. The van der Waals surface area contributed by atoms with Crippen LogP contribution >= 0.6 is 23.2 Å². The highest BCUT2D eigenvalue weighted by molar-refractivity contribution is 6.42. The monoisotopic (exact) mass is 549 g/mol. The lowest BCUT2D eigenvalue weighted by molar-refractivity contribution is -0.138. The van der Waals surface area contributed by atoms with Gasteiger partial charge in [0.05, 0.1) is 16.1 Å². The van der Waals surface area contributed by atoms with Gasteiger partial charge in [-0.2, -0.15) is 0 Å². The third-order valence-corrected chi connectivity index (χ3v) is 7.35. The topological polar surface area (TPSA) is 102 Å². The van der Waals surface area contributed by atoms with Crippen LogP contribution in [0.2, 0.25) is 10.0 Å². The Balaban J connectivity index is 1.61. The summed E-state index contributed by atoms with van der Waals surface area (Å²) in [6.45, 7) is 6.31. The highest BCUT2D eigenvalue weighted by atomic mass is 35.5. The summed E-state index contributed by atoms with van der Waals surface area (Å²) >= 11 is 12.2. The number of carbonyl (C=O) groups is 2. The van der Waals surface area contributed by atoms with Gasteiger partial charge in [-0.05, 0) is 48.4 Å². The van der Waals surface area contributed by atoms with Crippen molar-refractivity contribution >= 4 is 35.0 Å². The Bertz CT molecular complexity index is 1040. The van der Waals surface area contributed by atoms with E-state index in [-0.39, 0.29) is 24.8 Å². The number of likely N-dealkylation sites (tertiary alicyclic amines) is 1. The molecule has 1 saturated heterocycles. The summed E-state index contributed by atoms with van der Waals surface area (Å²) in [4.78, 5) is 27.7. The Morgan fingerprint density at radius 3 is 2.46 bits per heavy atom. The number of carbonyl (C=O) groups excluding carboxylic acids is 2. The third kappa shape index (κ3) is 9.27. The minimum Gasteiger partial charge on any atom is -0.388 e. The Morgan fingerprint density at radius 2 is 1.78 bits per heavy atom. The van der Waals surface area contributed by atoms with Gasteiger partial charge in [0.2, 0.25) is 5.91 Å². The number of halogens is 2. The molecule has 0 aliphatic carbocycles. The molecule has 0 bridgehead atoms. The smallest absolute Gasteiger partial charge is 0.251 e. The van der Waals surface area contributed by atoms with E-state index in [1.54, 1.807) is 18.2 Å². The van der Waals surface area contributed by atoms with Crippen molar-refractivity contribution < 1.29 is 19.8 Å². The fourth-order valence-electron chi connectivity index (χ4n) is 4.47. The van der Waals surface area contributed by atoms with E-state index in [1.807, 2.05) is 32.0 Å². The molecule has 0 saturated carbocycles. The summed E-state index contributed by atoms with van der Waals surface area (Å²) in [6, 6.07) is 14.1. The molecule has 9 heteroatoms. The van der Waals surface area contributed by atoms with Crippen molar-refractivity contribution in [1.29, 1.82) is 0 Å². The number of rotatable bonds is 12. The minimum absolute atomic E-state index is 0.132. The van der Waals surface area contributed by atoms with E-state index < -0.39 is 24.2 Å². The molecule has 2 aromatic carbocycles. The Kier molecular flexibility index (Phi) is 11.2. The van der Waals surface area contributed by atoms with Crippen molar-refractivity contribution in [2.45, 2.75) is 70.4 Å². The highest BCUT2D eigenvalue weighted by Gasteiger charge is 2.34. The van der Waals surface area contributed by atoms with Crippen molar-refractivity contribution in [3.63, 3.8) is 0 Å². The van der Waals surface area contributed by atoms with Gasteiger partial charge in [-0.25, -0.2) is 0 Å². The van der Waals surface area contributed by atoms with Crippen molar-refractivity contribution in [3.8, 4) is 0 Å². The first-order valence-corrected chi connectivity index (χ1v) is 13.5. The normalized spacial score (nSPS) is 18.4. The highest BCUT2D eigenvalue weighted by Crippen LogP contribution is 2.24. The van der Waals surface area contributed by atoms with Crippen LogP contribution in [0.4, 0.5) is 0 Å². The van der Waals surface area contributed by atoms with Gasteiger partial charge in [0.25, 0.3) is 5.91 Å². The molecule has 4 unspecified atom stereocenters. The first-order chi connectivity index (χ1) is 17.6. The van der Waals surface area contributed by atoms with Gasteiger partial charge in [-0.1, -0.05) is 73.4 Å². The zero-order chi connectivity index (χ0) is 26.9. The summed E-state index contributed by atoms with van der Waals surface area (Å²) in [5.41, 5.74) is 1.91. The van der Waals surface area contributed by atoms with E-state index in [0.717, 1.165) is 19.5 Å². The molecule has 1 aliphatic rings. The van der Waals surface area contributed by atoms with Gasteiger partial charge in [-0.15, -0.1) is 0 Å². The molecule has 2 aromatic rings. The molecule has 0 radical (unpaired) electrons. The number of nitrogens with zero attached hydrogens (tertiary/aromatic N) is 1. The summed E-state index contributed by atoms with van der Waals surface area (Å²) in [6.07, 6.45) is -1.33. The molecule has 7 nitrogen and oxygen atoms in total. The molecule has 2 amide bonds. The maximum Gasteiger partial charge on any atom is 0.251 e. The van der Waals surface area contributed by atoms with Crippen molar-refractivity contribution in [2.24, 2.45) is 5.92 Å². The lowest BCUT2D eigenvalue weighted by atomic mass is 9.96. The van der Waals surface area contributed by atoms with Crippen LogP contribution in [0.1, 0.15) is 44.2 Å². The predicted octanol–water partition coefficient (Wildman–Crippen LogP) is 3.57. The van der Waals surface area contributed by atoms with E-state index in [1.165, 1.54) is 5.56 Å². The summed E-state index contributed by atoms with van der Waals surface area (Å²) in [5.74, 6) is -0.569. The number of benzene rings is 2. The maximum atomic E-state index is 12.9. The van der Waals surface area contributed by atoms with Crippen LogP contribution in [-0.4, -0.2) is 64.3 Å². The molecular weight excluding hydrogens is 513 g/mol. The van der Waals surface area contributed by atoms with E-state index in [2.05, 4.69) is 27.7 Å². The zero-order valence-electron chi connectivity index (χ0n) is 21.4. The molecule has 1 heterocycles. The average Bonchev–Trinajstić information content (AvgIpc) is 3.30. The number of nitrogens with one attached hydrogen (secondary N) is 2. The van der Waals surface area contributed by atoms with Gasteiger partial charge < -0.3 is 20.8 Å². The molecule has 0 aromatic heterocycles. The van der Waals surface area contributed by atoms with Crippen LogP contribution in [0.25, 0.3) is 0 Å². The van der Waals surface area contributed by atoms with Crippen molar-refractivity contribution in [2.75, 3.05) is 13.1 Å². The molecule has 1 fully saturated rings. The average molecular weight is 551 g/mol. The van der Waals surface area contributed by atoms with E-state index in [0.29, 0.717) is 34.5 Å². The molecule has 0 spiro atoms. The van der Waals surface area contributed by atoms with Gasteiger partial charge >= 0.3 is 0 Å². The van der Waals surface area contributed by atoms with Crippen LogP contribution in [0.5, 0.6) is 0 Å². The number of hydrogen-bond acceptors (Lipinski definition) is 5. The second-order valence-corrected chi connectivity index (χ2v) is 11.0. The standard InChI is InChI=1S/C28H37Cl2N3O4/c1-18(2)8-11-25(34)32-24(15-20-9-10-22(29)23(30)14-20)26(35)27(36)28(37)31-21-12-13-33(17-21)16-19-6-4-3-5-7-19/h3-7,9-10,14,18,21,24,26-27,35-36H,8,11-13,15-17H2,1-2H3,(H,31,37)(H,32,34). The third-order valence-electron chi connectivity index (χ3n) is 6.61. The van der Waals surface area contributed by atoms with E-state index >= 15 is 0 Å². The van der Waals surface area contributed by atoms with Gasteiger partial charge in [0.15, 0.2) is 6.10 Å². The van der Waals surface area contributed by atoms with Crippen molar-refractivity contribution in [3.05, 3.63) is 69.7 Å². The largest absolute Gasteiger partial charge is 0.388 e. The van der Waals surface area contributed by atoms with Crippen molar-refractivity contribution in [1.82, 2.24) is 15.5 Å².